The Morgan fingerprint density at radius 3 is 2.50 bits per heavy atom. The number of benzene rings is 2. The number of carbonyl (C=O) groups excluding carboxylic acids is 1. The minimum atomic E-state index is 0. The number of aryl methyl sites for hydroxylation is 1. The SMILES string of the molecule is Cl.Nc1ccccc1CCC(=O)NC1CCCC1c1ccccc1. The molecule has 3 rings (SSSR count). The van der Waals surface area contributed by atoms with Gasteiger partial charge in [-0.3, -0.25) is 4.79 Å². The summed E-state index contributed by atoms with van der Waals surface area (Å²) >= 11 is 0. The highest BCUT2D eigenvalue weighted by atomic mass is 35.5. The number of rotatable bonds is 5. The summed E-state index contributed by atoms with van der Waals surface area (Å²) in [6.45, 7) is 0. The van der Waals surface area contributed by atoms with Gasteiger partial charge in [-0.1, -0.05) is 55.0 Å². The number of para-hydroxylation sites is 1. The van der Waals surface area contributed by atoms with E-state index in [1.165, 1.54) is 12.0 Å². The van der Waals surface area contributed by atoms with Crippen LogP contribution in [0.5, 0.6) is 0 Å². The van der Waals surface area contributed by atoms with Gasteiger partial charge in [0, 0.05) is 24.1 Å². The van der Waals surface area contributed by atoms with Crippen LogP contribution in [-0.2, 0) is 11.2 Å². The second-order valence-electron chi connectivity index (χ2n) is 6.32. The molecule has 4 heteroatoms. The predicted octanol–water partition coefficient (Wildman–Crippen LogP) is 4.08. The van der Waals surface area contributed by atoms with Crippen molar-refractivity contribution < 1.29 is 4.79 Å². The summed E-state index contributed by atoms with van der Waals surface area (Å²) in [5, 5.41) is 3.24. The number of hydrogen-bond donors (Lipinski definition) is 2. The van der Waals surface area contributed by atoms with E-state index in [2.05, 4.69) is 29.6 Å². The van der Waals surface area contributed by atoms with Gasteiger partial charge in [0.15, 0.2) is 0 Å². The van der Waals surface area contributed by atoms with Crippen LogP contribution in [0.1, 0.15) is 42.7 Å². The number of carbonyl (C=O) groups is 1. The lowest BCUT2D eigenvalue weighted by molar-refractivity contribution is -0.121. The van der Waals surface area contributed by atoms with Gasteiger partial charge >= 0.3 is 0 Å². The third-order valence-electron chi connectivity index (χ3n) is 4.77. The minimum Gasteiger partial charge on any atom is -0.399 e. The van der Waals surface area contributed by atoms with Crippen molar-refractivity contribution >= 4 is 24.0 Å². The van der Waals surface area contributed by atoms with Crippen molar-refractivity contribution in [1.82, 2.24) is 5.32 Å². The summed E-state index contributed by atoms with van der Waals surface area (Å²) in [6.07, 6.45) is 4.59. The number of hydrogen-bond acceptors (Lipinski definition) is 2. The van der Waals surface area contributed by atoms with Crippen LogP contribution in [0.3, 0.4) is 0 Å². The molecule has 2 atom stereocenters. The summed E-state index contributed by atoms with van der Waals surface area (Å²) in [4.78, 5) is 12.3. The molecule has 128 valence electrons. The first-order valence-electron chi connectivity index (χ1n) is 8.42. The molecule has 2 aromatic rings. The van der Waals surface area contributed by atoms with Crippen LogP contribution < -0.4 is 11.1 Å². The molecule has 0 aromatic heterocycles. The largest absolute Gasteiger partial charge is 0.399 e. The van der Waals surface area contributed by atoms with E-state index in [1.807, 2.05) is 30.3 Å². The molecule has 3 N–H and O–H groups in total. The lowest BCUT2D eigenvalue weighted by atomic mass is 9.94. The van der Waals surface area contributed by atoms with Gasteiger partial charge in [0.25, 0.3) is 0 Å². The van der Waals surface area contributed by atoms with E-state index in [9.17, 15) is 4.79 Å². The maximum atomic E-state index is 12.3. The van der Waals surface area contributed by atoms with Crippen LogP contribution in [-0.4, -0.2) is 11.9 Å². The number of nitrogens with one attached hydrogen (secondary N) is 1. The Morgan fingerprint density at radius 1 is 1.04 bits per heavy atom. The van der Waals surface area contributed by atoms with Crippen LogP contribution in [0.15, 0.2) is 54.6 Å². The molecule has 0 saturated heterocycles. The Morgan fingerprint density at radius 2 is 1.75 bits per heavy atom. The zero-order valence-electron chi connectivity index (χ0n) is 13.8. The van der Waals surface area contributed by atoms with Gasteiger partial charge in [0.1, 0.15) is 0 Å². The van der Waals surface area contributed by atoms with Crippen LogP contribution in [0.4, 0.5) is 5.69 Å². The number of nitrogens with two attached hydrogens (primary N) is 1. The van der Waals surface area contributed by atoms with Gasteiger partial charge in [-0.15, -0.1) is 12.4 Å². The molecule has 1 saturated carbocycles. The summed E-state index contributed by atoms with van der Waals surface area (Å²) in [7, 11) is 0. The average molecular weight is 345 g/mol. The molecule has 24 heavy (non-hydrogen) atoms. The fraction of sp³-hybridized carbons (Fsp3) is 0.350. The second kappa shape index (κ2) is 8.74. The maximum Gasteiger partial charge on any atom is 0.220 e. The summed E-state index contributed by atoms with van der Waals surface area (Å²) in [5.41, 5.74) is 9.09. The highest BCUT2D eigenvalue weighted by Gasteiger charge is 2.29. The molecule has 2 unspecified atom stereocenters. The normalized spacial score (nSPS) is 19.5. The zero-order chi connectivity index (χ0) is 16.1. The van der Waals surface area contributed by atoms with Crippen molar-refractivity contribution in [3.63, 3.8) is 0 Å². The first-order chi connectivity index (χ1) is 11.2. The summed E-state index contributed by atoms with van der Waals surface area (Å²) in [6, 6.07) is 18.5. The highest BCUT2D eigenvalue weighted by Crippen LogP contribution is 2.34. The third kappa shape index (κ3) is 4.51. The zero-order valence-corrected chi connectivity index (χ0v) is 14.6. The molecular formula is C20H25ClN2O. The van der Waals surface area contributed by atoms with Crippen molar-refractivity contribution in [3.8, 4) is 0 Å². The maximum absolute atomic E-state index is 12.3. The van der Waals surface area contributed by atoms with Crippen molar-refractivity contribution in [3.05, 3.63) is 65.7 Å². The molecule has 2 aromatic carbocycles. The average Bonchev–Trinajstić information content (AvgIpc) is 3.03. The Hall–Kier alpha value is -2.00. The standard InChI is InChI=1S/C20H24N2O.ClH/c21-18-11-5-4-9-16(18)13-14-20(23)22-19-12-6-10-17(19)15-7-2-1-3-8-15;/h1-5,7-9,11,17,19H,6,10,12-14,21H2,(H,22,23);1H. The molecule has 0 spiro atoms. The van der Waals surface area contributed by atoms with E-state index >= 15 is 0 Å². The fourth-order valence-corrected chi connectivity index (χ4v) is 3.52. The van der Waals surface area contributed by atoms with Crippen LogP contribution >= 0.6 is 12.4 Å². The van der Waals surface area contributed by atoms with Gasteiger partial charge < -0.3 is 11.1 Å². The van der Waals surface area contributed by atoms with Crippen LogP contribution in [0.2, 0.25) is 0 Å². The van der Waals surface area contributed by atoms with E-state index in [0.717, 1.165) is 24.1 Å². The first kappa shape index (κ1) is 18.3. The van der Waals surface area contributed by atoms with E-state index in [4.69, 9.17) is 5.73 Å². The van der Waals surface area contributed by atoms with Crippen molar-refractivity contribution in [2.24, 2.45) is 0 Å². The summed E-state index contributed by atoms with van der Waals surface area (Å²) in [5.74, 6) is 0.572. The molecule has 1 aliphatic rings. The predicted molar refractivity (Wildman–Crippen MR) is 101 cm³/mol. The van der Waals surface area contributed by atoms with Gasteiger partial charge in [0.05, 0.1) is 0 Å². The van der Waals surface area contributed by atoms with Crippen molar-refractivity contribution in [1.29, 1.82) is 0 Å². The van der Waals surface area contributed by atoms with Crippen molar-refractivity contribution in [2.75, 3.05) is 5.73 Å². The molecule has 1 fully saturated rings. The van der Waals surface area contributed by atoms with E-state index in [0.29, 0.717) is 18.8 Å². The Kier molecular flexibility index (Phi) is 6.68. The monoisotopic (exact) mass is 344 g/mol. The molecule has 0 radical (unpaired) electrons. The Bertz CT molecular complexity index is 660. The number of halogens is 1. The second-order valence-corrected chi connectivity index (χ2v) is 6.32. The summed E-state index contributed by atoms with van der Waals surface area (Å²) < 4.78 is 0. The van der Waals surface area contributed by atoms with Crippen molar-refractivity contribution in [2.45, 2.75) is 44.1 Å². The lowest BCUT2D eigenvalue weighted by Gasteiger charge is -2.21. The molecule has 1 aliphatic carbocycles. The van der Waals surface area contributed by atoms with Gasteiger partial charge in [-0.25, -0.2) is 0 Å². The van der Waals surface area contributed by atoms with Crippen LogP contribution in [0.25, 0.3) is 0 Å². The van der Waals surface area contributed by atoms with Gasteiger partial charge in [-0.2, -0.15) is 0 Å². The smallest absolute Gasteiger partial charge is 0.220 e. The Balaban J connectivity index is 0.00000208. The topological polar surface area (TPSA) is 55.1 Å². The quantitative estimate of drug-likeness (QED) is 0.803. The fourth-order valence-electron chi connectivity index (χ4n) is 3.52. The van der Waals surface area contributed by atoms with E-state index in [1.54, 1.807) is 0 Å². The van der Waals surface area contributed by atoms with E-state index in [-0.39, 0.29) is 24.4 Å². The molecule has 3 nitrogen and oxygen atoms in total. The molecular weight excluding hydrogens is 320 g/mol. The number of nitrogen functional groups attached to an aromatic ring is 1. The molecule has 0 aliphatic heterocycles. The minimum absolute atomic E-state index is 0. The highest BCUT2D eigenvalue weighted by molar-refractivity contribution is 5.85. The number of anilines is 1. The number of amides is 1. The third-order valence-corrected chi connectivity index (χ3v) is 4.77. The van der Waals surface area contributed by atoms with Gasteiger partial charge in [0.2, 0.25) is 5.91 Å². The first-order valence-corrected chi connectivity index (χ1v) is 8.42. The lowest BCUT2D eigenvalue weighted by Crippen LogP contribution is -2.36. The molecule has 0 bridgehead atoms. The van der Waals surface area contributed by atoms with E-state index < -0.39 is 0 Å². The van der Waals surface area contributed by atoms with Gasteiger partial charge in [-0.05, 0) is 36.5 Å². The molecule has 1 amide bonds. The van der Waals surface area contributed by atoms with Crippen LogP contribution in [0, 0.1) is 0 Å². The molecule has 0 heterocycles. The Labute approximate surface area is 150 Å².